The molecule has 1 heterocycles. The maximum absolute atomic E-state index is 12.8. The van der Waals surface area contributed by atoms with Crippen LogP contribution in [0.5, 0.6) is 28.7 Å². The van der Waals surface area contributed by atoms with Crippen molar-refractivity contribution in [3.05, 3.63) is 28.4 Å². The van der Waals surface area contributed by atoms with Crippen LogP contribution >= 0.6 is 0 Å². The molecule has 120 valence electrons. The van der Waals surface area contributed by atoms with Crippen molar-refractivity contribution in [2.75, 3.05) is 21.3 Å². The van der Waals surface area contributed by atoms with Gasteiger partial charge in [-0.2, -0.15) is 0 Å². The van der Waals surface area contributed by atoms with E-state index in [1.807, 2.05) is 0 Å². The number of benzene rings is 2. The Morgan fingerprint density at radius 2 is 1.57 bits per heavy atom. The van der Waals surface area contributed by atoms with E-state index >= 15 is 0 Å². The van der Waals surface area contributed by atoms with E-state index in [2.05, 4.69) is 0 Å². The predicted molar refractivity (Wildman–Crippen MR) is 83.0 cm³/mol. The maximum Gasteiger partial charge on any atom is 0.211 e. The van der Waals surface area contributed by atoms with Crippen molar-refractivity contribution in [2.45, 2.75) is 0 Å². The fourth-order valence-electron chi connectivity index (χ4n) is 2.59. The van der Waals surface area contributed by atoms with Crippen molar-refractivity contribution >= 4 is 21.9 Å². The van der Waals surface area contributed by atoms with Gasteiger partial charge in [0.2, 0.25) is 22.7 Å². The third kappa shape index (κ3) is 1.93. The number of phenolic OH excluding ortho intramolecular Hbond substituents is 2. The van der Waals surface area contributed by atoms with Crippen LogP contribution in [0.15, 0.2) is 27.4 Å². The molecule has 0 amide bonds. The monoisotopic (exact) mass is 318 g/mol. The summed E-state index contributed by atoms with van der Waals surface area (Å²) in [7, 11) is 4.00. The first kappa shape index (κ1) is 14.8. The average molecular weight is 318 g/mol. The Morgan fingerprint density at radius 1 is 0.913 bits per heavy atom. The van der Waals surface area contributed by atoms with Gasteiger partial charge >= 0.3 is 0 Å². The van der Waals surface area contributed by atoms with E-state index in [0.29, 0.717) is 0 Å². The summed E-state index contributed by atoms with van der Waals surface area (Å²) in [6.07, 6.45) is 0. The Labute approximate surface area is 130 Å². The number of ether oxygens (including phenoxy) is 3. The Balaban J connectivity index is 2.68. The summed E-state index contributed by atoms with van der Waals surface area (Å²) in [5, 5.41) is 20.2. The van der Waals surface area contributed by atoms with Gasteiger partial charge in [0.15, 0.2) is 11.3 Å². The van der Waals surface area contributed by atoms with Crippen LogP contribution in [0.25, 0.3) is 21.9 Å². The van der Waals surface area contributed by atoms with Gasteiger partial charge in [-0.1, -0.05) is 6.07 Å². The Kier molecular flexibility index (Phi) is 3.40. The third-order valence-electron chi connectivity index (χ3n) is 3.58. The van der Waals surface area contributed by atoms with Crippen molar-refractivity contribution in [1.82, 2.24) is 0 Å². The lowest BCUT2D eigenvalue weighted by Gasteiger charge is -2.15. The van der Waals surface area contributed by atoms with Crippen LogP contribution < -0.4 is 19.6 Å². The van der Waals surface area contributed by atoms with Crippen LogP contribution in [-0.4, -0.2) is 31.5 Å². The standard InChI is InChI=1S/C16H14O7/c1-20-13-10-11(18)9-7(17)5-4-6-8(9)23-14(10)16(22-3)15(21-2)12(13)19/h4-6,17,19H,1-3H3. The molecule has 7 nitrogen and oxygen atoms in total. The van der Waals surface area contributed by atoms with E-state index in [9.17, 15) is 15.0 Å². The number of hydrogen-bond acceptors (Lipinski definition) is 7. The van der Waals surface area contributed by atoms with E-state index in [1.165, 1.54) is 27.4 Å². The fraction of sp³-hybridized carbons (Fsp3) is 0.188. The second-order valence-corrected chi connectivity index (χ2v) is 4.73. The third-order valence-corrected chi connectivity index (χ3v) is 3.58. The SMILES string of the molecule is COc1c(O)c(OC)c2c(=O)c3c(O)cccc3oc2c1OC. The van der Waals surface area contributed by atoms with Crippen LogP contribution in [-0.2, 0) is 0 Å². The summed E-state index contributed by atoms with van der Waals surface area (Å²) >= 11 is 0. The Morgan fingerprint density at radius 3 is 2.17 bits per heavy atom. The molecule has 0 fully saturated rings. The van der Waals surface area contributed by atoms with Crippen molar-refractivity contribution in [3.8, 4) is 28.7 Å². The molecule has 0 atom stereocenters. The zero-order valence-corrected chi connectivity index (χ0v) is 12.7. The van der Waals surface area contributed by atoms with Gasteiger partial charge in [-0.25, -0.2) is 0 Å². The number of aromatic hydroxyl groups is 2. The first-order valence-electron chi connectivity index (χ1n) is 6.64. The van der Waals surface area contributed by atoms with E-state index in [0.717, 1.165) is 0 Å². The molecule has 3 aromatic rings. The topological polar surface area (TPSA) is 98.4 Å². The summed E-state index contributed by atoms with van der Waals surface area (Å²) in [5.74, 6) is -0.685. The molecule has 1 aromatic heterocycles. The highest BCUT2D eigenvalue weighted by molar-refractivity contribution is 6.01. The minimum atomic E-state index is -0.549. The maximum atomic E-state index is 12.8. The van der Waals surface area contributed by atoms with Crippen molar-refractivity contribution in [1.29, 1.82) is 0 Å². The summed E-state index contributed by atoms with van der Waals surface area (Å²) in [6.45, 7) is 0. The molecule has 0 unspecified atom stereocenters. The molecular formula is C16H14O7. The van der Waals surface area contributed by atoms with Crippen LogP contribution in [0.4, 0.5) is 0 Å². The van der Waals surface area contributed by atoms with Gasteiger partial charge in [0, 0.05) is 0 Å². The number of hydrogen-bond donors (Lipinski definition) is 2. The number of phenols is 2. The van der Waals surface area contributed by atoms with Crippen LogP contribution in [0, 0.1) is 0 Å². The molecule has 7 heteroatoms. The Hall–Kier alpha value is -3.09. The molecule has 0 radical (unpaired) electrons. The van der Waals surface area contributed by atoms with E-state index in [1.54, 1.807) is 12.1 Å². The normalized spacial score (nSPS) is 10.9. The van der Waals surface area contributed by atoms with E-state index < -0.39 is 5.43 Å². The second kappa shape index (κ2) is 5.28. The summed E-state index contributed by atoms with van der Waals surface area (Å²) in [4.78, 5) is 12.8. The summed E-state index contributed by atoms with van der Waals surface area (Å²) < 4.78 is 21.2. The lowest BCUT2D eigenvalue weighted by Crippen LogP contribution is -2.06. The molecule has 0 aliphatic heterocycles. The summed E-state index contributed by atoms with van der Waals surface area (Å²) in [6, 6.07) is 4.47. The molecule has 0 saturated carbocycles. The molecule has 23 heavy (non-hydrogen) atoms. The molecule has 0 aliphatic rings. The zero-order valence-electron chi connectivity index (χ0n) is 12.7. The van der Waals surface area contributed by atoms with Gasteiger partial charge in [-0.3, -0.25) is 4.79 Å². The van der Waals surface area contributed by atoms with E-state index in [-0.39, 0.29) is 50.7 Å². The van der Waals surface area contributed by atoms with Crippen LogP contribution in [0.1, 0.15) is 0 Å². The highest BCUT2D eigenvalue weighted by atomic mass is 16.5. The van der Waals surface area contributed by atoms with Crippen molar-refractivity contribution in [2.24, 2.45) is 0 Å². The summed E-state index contributed by atoms with van der Waals surface area (Å²) in [5.41, 5.74) is -0.315. The first-order chi connectivity index (χ1) is 11.0. The molecule has 0 aliphatic carbocycles. The quantitative estimate of drug-likeness (QED) is 0.715. The second-order valence-electron chi connectivity index (χ2n) is 4.73. The fourth-order valence-corrected chi connectivity index (χ4v) is 2.59. The molecule has 3 rings (SSSR count). The van der Waals surface area contributed by atoms with Crippen LogP contribution in [0.2, 0.25) is 0 Å². The molecular weight excluding hydrogens is 304 g/mol. The number of methoxy groups -OCH3 is 3. The smallest absolute Gasteiger partial charge is 0.211 e. The largest absolute Gasteiger partial charge is 0.507 e. The number of rotatable bonds is 3. The molecule has 2 N–H and O–H groups in total. The van der Waals surface area contributed by atoms with E-state index in [4.69, 9.17) is 18.6 Å². The molecule has 0 spiro atoms. The van der Waals surface area contributed by atoms with Gasteiger partial charge < -0.3 is 28.8 Å². The van der Waals surface area contributed by atoms with Crippen molar-refractivity contribution in [3.63, 3.8) is 0 Å². The van der Waals surface area contributed by atoms with Gasteiger partial charge in [0.05, 0.1) is 21.3 Å². The van der Waals surface area contributed by atoms with Gasteiger partial charge in [0.25, 0.3) is 0 Å². The molecule has 2 aromatic carbocycles. The highest BCUT2D eigenvalue weighted by Crippen LogP contribution is 2.49. The van der Waals surface area contributed by atoms with Crippen molar-refractivity contribution < 1.29 is 28.8 Å². The minimum absolute atomic E-state index is 0.00933. The van der Waals surface area contributed by atoms with Crippen LogP contribution in [0.3, 0.4) is 0 Å². The predicted octanol–water partition coefficient (Wildman–Crippen LogP) is 2.38. The lowest BCUT2D eigenvalue weighted by molar-refractivity contribution is 0.317. The molecule has 0 saturated heterocycles. The lowest BCUT2D eigenvalue weighted by atomic mass is 10.1. The van der Waals surface area contributed by atoms with Gasteiger partial charge in [-0.05, 0) is 12.1 Å². The zero-order chi connectivity index (χ0) is 16.7. The molecule has 0 bridgehead atoms. The average Bonchev–Trinajstić information content (AvgIpc) is 2.54. The highest BCUT2D eigenvalue weighted by Gasteiger charge is 2.27. The van der Waals surface area contributed by atoms with Gasteiger partial charge in [0.1, 0.15) is 22.1 Å². The van der Waals surface area contributed by atoms with Gasteiger partial charge in [-0.15, -0.1) is 0 Å². The first-order valence-corrected chi connectivity index (χ1v) is 6.64. The number of fused-ring (bicyclic) bond motifs is 2. The Bertz CT molecular complexity index is 972. The minimum Gasteiger partial charge on any atom is -0.507 e.